The monoisotopic (exact) mass is 490 g/mol. The third-order valence-electron chi connectivity index (χ3n) is 6.98. The second-order valence-corrected chi connectivity index (χ2v) is 9.16. The molecule has 0 spiro atoms. The van der Waals surface area contributed by atoms with Crippen molar-refractivity contribution in [3.63, 3.8) is 0 Å². The lowest BCUT2D eigenvalue weighted by Crippen LogP contribution is -2.50. The molecule has 36 heavy (non-hydrogen) atoms. The molecular weight excluding hydrogens is 462 g/mol. The van der Waals surface area contributed by atoms with E-state index in [1.807, 2.05) is 18.7 Å². The number of rotatable bonds is 6. The zero-order valence-corrected chi connectivity index (χ0v) is 20.4. The summed E-state index contributed by atoms with van der Waals surface area (Å²) in [6, 6.07) is 12.7. The van der Waals surface area contributed by atoms with E-state index in [1.54, 1.807) is 28.8 Å². The first-order chi connectivity index (χ1) is 17.4. The Morgan fingerprint density at radius 1 is 0.917 bits per heavy atom. The van der Waals surface area contributed by atoms with Gasteiger partial charge < -0.3 is 4.90 Å². The lowest BCUT2D eigenvalue weighted by atomic mass is 9.96. The molecule has 0 unspecified atom stereocenters. The van der Waals surface area contributed by atoms with Crippen molar-refractivity contribution in [1.29, 1.82) is 0 Å². The highest BCUT2D eigenvalue weighted by Gasteiger charge is 2.28. The molecule has 0 atom stereocenters. The number of halogens is 2. The van der Waals surface area contributed by atoms with Crippen LogP contribution in [0.5, 0.6) is 0 Å². The van der Waals surface area contributed by atoms with Gasteiger partial charge in [0, 0.05) is 44.0 Å². The molecule has 5 rings (SSSR count). The number of hydrogen-bond donors (Lipinski definition) is 0. The lowest BCUT2D eigenvalue weighted by molar-refractivity contribution is -0.133. The standard InChI is InChI=1S/C27H28F2N6O/c1-18-24(19(2)35-27(32-18)30-17-31-35)11-12-25(36)33-13-15-34(16-14-33)26(20-3-7-22(28)8-4-20)21-5-9-23(29)10-6-21/h3-10,17,26H,11-16H2,1-2H3. The van der Waals surface area contributed by atoms with E-state index >= 15 is 0 Å². The highest BCUT2D eigenvalue weighted by Crippen LogP contribution is 2.30. The topological polar surface area (TPSA) is 66.6 Å². The lowest BCUT2D eigenvalue weighted by Gasteiger charge is -2.40. The van der Waals surface area contributed by atoms with Gasteiger partial charge >= 0.3 is 0 Å². The van der Waals surface area contributed by atoms with Gasteiger partial charge in [0.15, 0.2) is 0 Å². The molecule has 1 saturated heterocycles. The molecular formula is C27H28F2N6O. The SMILES string of the molecule is Cc1nc2ncnn2c(C)c1CCC(=O)N1CCN(C(c2ccc(F)cc2)c2ccc(F)cc2)CC1. The summed E-state index contributed by atoms with van der Waals surface area (Å²) in [5.41, 5.74) is 4.71. The Bertz CT molecular complexity index is 1320. The molecule has 9 heteroatoms. The largest absolute Gasteiger partial charge is 0.340 e. The van der Waals surface area contributed by atoms with Crippen molar-refractivity contribution in [3.8, 4) is 0 Å². The van der Waals surface area contributed by atoms with Crippen molar-refractivity contribution in [2.24, 2.45) is 0 Å². The number of benzene rings is 2. The molecule has 1 fully saturated rings. The minimum absolute atomic E-state index is 0.104. The maximum atomic E-state index is 13.6. The number of nitrogens with zero attached hydrogens (tertiary/aromatic N) is 6. The Kier molecular flexibility index (Phi) is 6.73. The fourth-order valence-corrected chi connectivity index (χ4v) is 5.04. The quantitative estimate of drug-likeness (QED) is 0.410. The normalized spacial score (nSPS) is 14.6. The van der Waals surface area contributed by atoms with E-state index in [1.165, 1.54) is 30.6 Å². The Morgan fingerprint density at radius 3 is 2.08 bits per heavy atom. The highest BCUT2D eigenvalue weighted by atomic mass is 19.1. The van der Waals surface area contributed by atoms with E-state index in [0.29, 0.717) is 44.8 Å². The van der Waals surface area contributed by atoms with Crippen molar-refractivity contribution in [2.75, 3.05) is 26.2 Å². The van der Waals surface area contributed by atoms with Gasteiger partial charge in [-0.3, -0.25) is 9.69 Å². The summed E-state index contributed by atoms with van der Waals surface area (Å²) in [6.45, 7) is 6.42. The molecule has 4 aromatic rings. The number of carbonyl (C=O) groups is 1. The summed E-state index contributed by atoms with van der Waals surface area (Å²) in [7, 11) is 0. The van der Waals surface area contributed by atoms with Gasteiger partial charge in [-0.05, 0) is 61.2 Å². The Balaban J connectivity index is 1.26. The molecule has 0 aliphatic carbocycles. The number of aryl methyl sites for hydroxylation is 2. The first-order valence-corrected chi connectivity index (χ1v) is 12.1. The summed E-state index contributed by atoms with van der Waals surface area (Å²) >= 11 is 0. The molecule has 0 bridgehead atoms. The van der Waals surface area contributed by atoms with Crippen molar-refractivity contribution in [2.45, 2.75) is 32.7 Å². The van der Waals surface area contributed by atoms with Gasteiger partial charge in [-0.1, -0.05) is 24.3 Å². The third-order valence-corrected chi connectivity index (χ3v) is 6.98. The molecule has 2 aromatic carbocycles. The van der Waals surface area contributed by atoms with Gasteiger partial charge in [-0.2, -0.15) is 10.1 Å². The molecule has 0 radical (unpaired) electrons. The molecule has 0 saturated carbocycles. The zero-order valence-electron chi connectivity index (χ0n) is 20.4. The minimum Gasteiger partial charge on any atom is -0.340 e. The zero-order chi connectivity index (χ0) is 25.2. The van der Waals surface area contributed by atoms with E-state index in [9.17, 15) is 13.6 Å². The highest BCUT2D eigenvalue weighted by molar-refractivity contribution is 5.76. The predicted octanol–water partition coefficient (Wildman–Crippen LogP) is 3.89. The molecule has 2 aromatic heterocycles. The van der Waals surface area contributed by atoms with Crippen molar-refractivity contribution in [3.05, 3.63) is 94.6 Å². The fraction of sp³-hybridized carbons (Fsp3) is 0.333. The molecule has 186 valence electrons. The summed E-state index contributed by atoms with van der Waals surface area (Å²) in [5, 5.41) is 4.22. The fourth-order valence-electron chi connectivity index (χ4n) is 5.04. The minimum atomic E-state index is -0.296. The number of piperazine rings is 1. The Morgan fingerprint density at radius 2 is 1.50 bits per heavy atom. The van der Waals surface area contributed by atoms with Crippen LogP contribution >= 0.6 is 0 Å². The maximum absolute atomic E-state index is 13.6. The molecule has 1 amide bonds. The number of fused-ring (bicyclic) bond motifs is 1. The number of aromatic nitrogens is 4. The maximum Gasteiger partial charge on any atom is 0.252 e. The van der Waals surface area contributed by atoms with E-state index in [4.69, 9.17) is 0 Å². The summed E-state index contributed by atoms with van der Waals surface area (Å²) in [4.78, 5) is 25.9. The van der Waals surface area contributed by atoms with Crippen LogP contribution in [0, 0.1) is 25.5 Å². The number of hydrogen-bond acceptors (Lipinski definition) is 5. The van der Waals surface area contributed by atoms with Gasteiger partial charge in [0.1, 0.15) is 18.0 Å². The van der Waals surface area contributed by atoms with E-state index in [-0.39, 0.29) is 23.6 Å². The second kappa shape index (κ2) is 10.1. The van der Waals surface area contributed by atoms with Crippen molar-refractivity contribution < 1.29 is 13.6 Å². The first-order valence-electron chi connectivity index (χ1n) is 12.1. The first kappa shape index (κ1) is 24.0. The Labute approximate surface area is 208 Å². The summed E-state index contributed by atoms with van der Waals surface area (Å²) in [5.74, 6) is 0.0756. The average Bonchev–Trinajstić information content (AvgIpc) is 3.35. The van der Waals surface area contributed by atoms with Crippen molar-refractivity contribution >= 4 is 11.7 Å². The average molecular weight is 491 g/mol. The molecule has 1 aliphatic rings. The molecule has 7 nitrogen and oxygen atoms in total. The molecule has 0 N–H and O–H groups in total. The van der Waals surface area contributed by atoms with E-state index in [2.05, 4.69) is 20.0 Å². The van der Waals surface area contributed by atoms with Gasteiger partial charge in [0.2, 0.25) is 5.91 Å². The van der Waals surface area contributed by atoms with Gasteiger partial charge in [0.25, 0.3) is 5.78 Å². The summed E-state index contributed by atoms with van der Waals surface area (Å²) < 4.78 is 28.9. The summed E-state index contributed by atoms with van der Waals surface area (Å²) in [6.07, 6.45) is 2.46. The second-order valence-electron chi connectivity index (χ2n) is 9.16. The molecule has 3 heterocycles. The van der Waals surface area contributed by atoms with Crippen LogP contribution in [0.25, 0.3) is 5.78 Å². The Hall–Kier alpha value is -3.72. The van der Waals surface area contributed by atoms with Crippen LogP contribution in [-0.2, 0) is 11.2 Å². The van der Waals surface area contributed by atoms with Gasteiger partial charge in [-0.15, -0.1) is 0 Å². The van der Waals surface area contributed by atoms with Crippen LogP contribution < -0.4 is 0 Å². The van der Waals surface area contributed by atoms with Crippen molar-refractivity contribution in [1.82, 2.24) is 29.4 Å². The number of carbonyl (C=O) groups excluding carboxylic acids is 1. The van der Waals surface area contributed by atoms with Gasteiger partial charge in [0.05, 0.1) is 6.04 Å². The third kappa shape index (κ3) is 4.83. The van der Waals surface area contributed by atoms with Crippen LogP contribution in [-0.4, -0.2) is 61.5 Å². The van der Waals surface area contributed by atoms with Crippen LogP contribution in [0.3, 0.4) is 0 Å². The van der Waals surface area contributed by atoms with Crippen LogP contribution in [0.15, 0.2) is 54.9 Å². The molecule has 1 aliphatic heterocycles. The number of amides is 1. The van der Waals surface area contributed by atoms with E-state index in [0.717, 1.165) is 28.1 Å². The van der Waals surface area contributed by atoms with E-state index < -0.39 is 0 Å². The van der Waals surface area contributed by atoms with Crippen LogP contribution in [0.2, 0.25) is 0 Å². The van der Waals surface area contributed by atoms with Gasteiger partial charge in [-0.25, -0.2) is 18.3 Å². The smallest absolute Gasteiger partial charge is 0.252 e. The van der Waals surface area contributed by atoms with Crippen LogP contribution in [0.1, 0.15) is 40.5 Å². The predicted molar refractivity (Wildman–Crippen MR) is 131 cm³/mol. The van der Waals surface area contributed by atoms with Crippen LogP contribution in [0.4, 0.5) is 8.78 Å².